The number of halogens is 3. The van der Waals surface area contributed by atoms with E-state index in [1.54, 1.807) is 26.0 Å². The van der Waals surface area contributed by atoms with Gasteiger partial charge in [0, 0.05) is 5.56 Å². The molecule has 0 aromatic heterocycles. The molecule has 2 amide bonds. The molecule has 25 heavy (non-hydrogen) atoms. The lowest BCUT2D eigenvalue weighted by molar-refractivity contribution is -0.140. The Labute approximate surface area is 146 Å². The maximum absolute atomic E-state index is 12.3. The molecule has 1 atom stereocenters. The highest BCUT2D eigenvalue weighted by Gasteiger charge is 2.31. The molecule has 1 rings (SSSR count). The van der Waals surface area contributed by atoms with Crippen molar-refractivity contribution in [2.45, 2.75) is 52.3 Å². The van der Waals surface area contributed by atoms with E-state index in [1.807, 2.05) is 38.2 Å². The van der Waals surface area contributed by atoms with Crippen LogP contribution in [0.4, 0.5) is 13.2 Å². The molecular weight excluding hydrogens is 333 g/mol. The first-order chi connectivity index (χ1) is 11.3. The van der Waals surface area contributed by atoms with Gasteiger partial charge in [0.15, 0.2) is 0 Å². The quantitative estimate of drug-likeness (QED) is 0.847. The van der Waals surface area contributed by atoms with Gasteiger partial charge in [0.2, 0.25) is 5.91 Å². The number of nitrogens with one attached hydrogen (secondary N) is 2. The molecule has 7 heteroatoms. The second kappa shape index (κ2) is 7.89. The molecule has 140 valence electrons. The van der Waals surface area contributed by atoms with Crippen molar-refractivity contribution in [1.29, 1.82) is 0 Å². The van der Waals surface area contributed by atoms with E-state index in [0.29, 0.717) is 5.56 Å². The molecule has 0 bridgehead atoms. The second-order valence-electron chi connectivity index (χ2n) is 7.36. The summed E-state index contributed by atoms with van der Waals surface area (Å²) in [6.45, 7) is 8.01. The third kappa shape index (κ3) is 6.76. The average molecular weight is 358 g/mol. The van der Waals surface area contributed by atoms with Crippen LogP contribution in [0.3, 0.4) is 0 Å². The van der Waals surface area contributed by atoms with Gasteiger partial charge in [-0.1, -0.05) is 46.8 Å². The van der Waals surface area contributed by atoms with Gasteiger partial charge in [0.25, 0.3) is 5.91 Å². The zero-order valence-electron chi connectivity index (χ0n) is 15.1. The predicted octanol–water partition coefficient (Wildman–Crippen LogP) is 3.42. The van der Waals surface area contributed by atoms with Gasteiger partial charge in [-0.25, -0.2) is 0 Å². The zero-order valence-corrected chi connectivity index (χ0v) is 15.1. The Kier molecular flexibility index (Phi) is 6.62. The molecule has 1 aromatic rings. The van der Waals surface area contributed by atoms with Crippen LogP contribution in [0, 0.1) is 5.92 Å². The van der Waals surface area contributed by atoms with Crippen molar-refractivity contribution in [2.24, 2.45) is 5.92 Å². The number of carbonyl (C=O) groups is 2. The number of carbonyl (C=O) groups excluding carboxylic acids is 2. The van der Waals surface area contributed by atoms with Crippen LogP contribution in [0.1, 0.15) is 50.5 Å². The number of hydrogen-bond acceptors (Lipinski definition) is 2. The summed E-state index contributed by atoms with van der Waals surface area (Å²) in [4.78, 5) is 24.3. The SMILES string of the molecule is CC(C)C(NC(=O)c1ccc(C(C)(C)C)cc1)C(=O)NCC(F)(F)F. The number of rotatable bonds is 5. The molecule has 1 unspecified atom stereocenters. The van der Waals surface area contributed by atoms with Crippen LogP contribution in [-0.2, 0) is 10.2 Å². The number of hydrogen-bond donors (Lipinski definition) is 2. The number of amides is 2. The minimum Gasteiger partial charge on any atom is -0.345 e. The van der Waals surface area contributed by atoms with Crippen molar-refractivity contribution in [3.8, 4) is 0 Å². The van der Waals surface area contributed by atoms with Gasteiger partial charge in [0.05, 0.1) is 0 Å². The minimum atomic E-state index is -4.50. The van der Waals surface area contributed by atoms with Gasteiger partial charge in [0.1, 0.15) is 12.6 Å². The van der Waals surface area contributed by atoms with E-state index in [4.69, 9.17) is 0 Å². The Hall–Kier alpha value is -2.05. The zero-order chi connectivity index (χ0) is 19.4. The first-order valence-corrected chi connectivity index (χ1v) is 8.07. The van der Waals surface area contributed by atoms with Crippen molar-refractivity contribution < 1.29 is 22.8 Å². The number of benzene rings is 1. The van der Waals surface area contributed by atoms with Gasteiger partial charge in [-0.3, -0.25) is 9.59 Å². The Morgan fingerprint density at radius 2 is 1.56 bits per heavy atom. The molecule has 0 fully saturated rings. The summed E-state index contributed by atoms with van der Waals surface area (Å²) in [5, 5.41) is 4.32. The van der Waals surface area contributed by atoms with Crippen LogP contribution in [0.25, 0.3) is 0 Å². The van der Waals surface area contributed by atoms with E-state index in [-0.39, 0.29) is 11.3 Å². The molecule has 0 heterocycles. The molecule has 0 aliphatic rings. The summed E-state index contributed by atoms with van der Waals surface area (Å²) in [5.74, 6) is -1.71. The summed E-state index contributed by atoms with van der Waals surface area (Å²) in [5.41, 5.74) is 1.34. The second-order valence-corrected chi connectivity index (χ2v) is 7.36. The lowest BCUT2D eigenvalue weighted by Gasteiger charge is -2.23. The summed E-state index contributed by atoms with van der Waals surface area (Å²) < 4.78 is 36.7. The van der Waals surface area contributed by atoms with Crippen LogP contribution in [-0.4, -0.2) is 30.6 Å². The van der Waals surface area contributed by atoms with Crippen LogP contribution in [0.5, 0.6) is 0 Å². The highest BCUT2D eigenvalue weighted by Crippen LogP contribution is 2.22. The van der Waals surface area contributed by atoms with Gasteiger partial charge in [-0.05, 0) is 29.0 Å². The fourth-order valence-electron chi connectivity index (χ4n) is 2.18. The maximum atomic E-state index is 12.3. The fourth-order valence-corrected chi connectivity index (χ4v) is 2.18. The normalized spacial score (nSPS) is 13.5. The van der Waals surface area contributed by atoms with E-state index in [9.17, 15) is 22.8 Å². The Morgan fingerprint density at radius 3 is 1.96 bits per heavy atom. The molecule has 0 radical (unpaired) electrons. The van der Waals surface area contributed by atoms with Crippen LogP contribution in [0.15, 0.2) is 24.3 Å². The third-order valence-corrected chi connectivity index (χ3v) is 3.71. The minimum absolute atomic E-state index is 0.0625. The van der Waals surface area contributed by atoms with Gasteiger partial charge >= 0.3 is 6.18 Å². The standard InChI is InChI=1S/C18H25F3N2O2/c1-11(2)14(16(25)22-10-18(19,20)21)23-15(24)12-6-8-13(9-7-12)17(3,4)5/h6-9,11,14H,10H2,1-5H3,(H,22,25)(H,23,24). The first kappa shape index (κ1) is 21.0. The summed E-state index contributed by atoms with van der Waals surface area (Å²) in [6.07, 6.45) is -4.50. The van der Waals surface area contributed by atoms with Crippen LogP contribution in [0.2, 0.25) is 0 Å². The van der Waals surface area contributed by atoms with Crippen molar-refractivity contribution in [3.05, 3.63) is 35.4 Å². The van der Waals surface area contributed by atoms with Gasteiger partial charge in [-0.2, -0.15) is 13.2 Å². The summed E-state index contributed by atoms with van der Waals surface area (Å²) in [7, 11) is 0. The van der Waals surface area contributed by atoms with Crippen molar-refractivity contribution >= 4 is 11.8 Å². The molecule has 4 nitrogen and oxygen atoms in total. The molecule has 0 saturated heterocycles. The van der Waals surface area contributed by atoms with Crippen molar-refractivity contribution in [1.82, 2.24) is 10.6 Å². The van der Waals surface area contributed by atoms with E-state index < -0.39 is 30.6 Å². The monoisotopic (exact) mass is 358 g/mol. The molecule has 1 aromatic carbocycles. The van der Waals surface area contributed by atoms with E-state index in [1.165, 1.54) is 0 Å². The highest BCUT2D eigenvalue weighted by molar-refractivity contribution is 5.97. The molecule has 2 N–H and O–H groups in total. The third-order valence-electron chi connectivity index (χ3n) is 3.71. The smallest absolute Gasteiger partial charge is 0.345 e. The van der Waals surface area contributed by atoms with E-state index in [2.05, 4.69) is 5.32 Å². The van der Waals surface area contributed by atoms with Crippen molar-refractivity contribution in [2.75, 3.05) is 6.54 Å². The number of alkyl halides is 3. The lowest BCUT2D eigenvalue weighted by atomic mass is 9.86. The fraction of sp³-hybridized carbons (Fsp3) is 0.556. The Morgan fingerprint density at radius 1 is 1.04 bits per heavy atom. The topological polar surface area (TPSA) is 58.2 Å². The largest absolute Gasteiger partial charge is 0.405 e. The van der Waals surface area contributed by atoms with Gasteiger partial charge in [-0.15, -0.1) is 0 Å². The molecular formula is C18H25F3N2O2. The first-order valence-electron chi connectivity index (χ1n) is 8.07. The van der Waals surface area contributed by atoms with E-state index >= 15 is 0 Å². The molecule has 0 spiro atoms. The van der Waals surface area contributed by atoms with Crippen LogP contribution < -0.4 is 10.6 Å². The van der Waals surface area contributed by atoms with Crippen molar-refractivity contribution in [3.63, 3.8) is 0 Å². The maximum Gasteiger partial charge on any atom is 0.405 e. The molecule has 0 aliphatic carbocycles. The molecule has 0 saturated carbocycles. The van der Waals surface area contributed by atoms with Gasteiger partial charge < -0.3 is 10.6 Å². The molecule has 0 aliphatic heterocycles. The highest BCUT2D eigenvalue weighted by atomic mass is 19.4. The Bertz CT molecular complexity index is 602. The average Bonchev–Trinajstić information content (AvgIpc) is 2.48. The lowest BCUT2D eigenvalue weighted by Crippen LogP contribution is -2.51. The predicted molar refractivity (Wildman–Crippen MR) is 90.3 cm³/mol. The summed E-state index contributed by atoms with van der Waals surface area (Å²) >= 11 is 0. The van der Waals surface area contributed by atoms with Crippen LogP contribution >= 0.6 is 0 Å². The van der Waals surface area contributed by atoms with E-state index in [0.717, 1.165) is 5.56 Å². The summed E-state index contributed by atoms with van der Waals surface area (Å²) in [6, 6.07) is 5.88. The Balaban J connectivity index is 2.81.